The summed E-state index contributed by atoms with van der Waals surface area (Å²) < 4.78 is 5.71. The minimum absolute atomic E-state index is 0. The van der Waals surface area contributed by atoms with Crippen molar-refractivity contribution < 1.29 is 14.6 Å². The van der Waals surface area contributed by atoms with Gasteiger partial charge in [-0.1, -0.05) is 19.0 Å². The van der Waals surface area contributed by atoms with Crippen LogP contribution >= 0.6 is 11.8 Å². The molecule has 0 saturated heterocycles. The van der Waals surface area contributed by atoms with Gasteiger partial charge in [0.1, 0.15) is 0 Å². The van der Waals surface area contributed by atoms with Crippen LogP contribution in [0.25, 0.3) is 0 Å². The molecule has 7 heteroatoms. The van der Waals surface area contributed by atoms with Crippen LogP contribution in [0.3, 0.4) is 0 Å². The van der Waals surface area contributed by atoms with Gasteiger partial charge in [0.05, 0.1) is 11.9 Å². The zero-order chi connectivity index (χ0) is 12.4. The minimum atomic E-state index is -0.806. The second-order valence-corrected chi connectivity index (χ2v) is 5.02. The van der Waals surface area contributed by atoms with Gasteiger partial charge in [-0.3, -0.25) is 4.79 Å². The Bertz CT molecular complexity index is 446. The fourth-order valence-corrected chi connectivity index (χ4v) is 2.67. The van der Waals surface area contributed by atoms with E-state index in [1.807, 2.05) is 25.0 Å². The van der Waals surface area contributed by atoms with Crippen LogP contribution < -0.4 is 11.2 Å². The number of carbonyl (C=O) groups is 1. The van der Waals surface area contributed by atoms with E-state index >= 15 is 0 Å². The molecule has 0 radical (unpaired) electrons. The maximum atomic E-state index is 10.5. The normalized spacial score (nSPS) is 17.2. The molecular formula is C11H14BNO3RfS. The first kappa shape index (κ1) is 14.1. The Morgan fingerprint density at radius 1 is 1.61 bits per heavy atom. The standard InChI is InChI=1S/C11H14BNO3S.Rf/c1-12-9-4-7(17-6-11(14)15)2-3-8(9)10(5-13)16-12;/h2-4,10H,5-6,13H2,1H3,(H,14,15);/t10-;/m0./s1. The van der Waals surface area contributed by atoms with Gasteiger partial charge < -0.3 is 15.5 Å². The summed E-state index contributed by atoms with van der Waals surface area (Å²) in [6, 6.07) is 5.92. The summed E-state index contributed by atoms with van der Waals surface area (Å²) in [5, 5.41) is 8.64. The van der Waals surface area contributed by atoms with Crippen molar-refractivity contribution in [3.63, 3.8) is 0 Å². The van der Waals surface area contributed by atoms with Crippen molar-refractivity contribution in [3.05, 3.63) is 23.8 Å². The Kier molecular flexibility index (Phi) is 4.36. The van der Waals surface area contributed by atoms with Gasteiger partial charge in [-0.2, -0.15) is 0 Å². The number of rotatable bonds is 4. The van der Waals surface area contributed by atoms with E-state index in [0.29, 0.717) is 6.54 Å². The molecule has 0 bridgehead atoms. The molecule has 1 heterocycles. The molecule has 92 valence electrons. The van der Waals surface area contributed by atoms with Gasteiger partial charge in [-0.05, 0) is 17.1 Å². The third-order valence-electron chi connectivity index (χ3n) is 2.79. The van der Waals surface area contributed by atoms with Crippen LogP contribution in [0.2, 0.25) is 6.82 Å². The van der Waals surface area contributed by atoms with Crippen LogP contribution in [0.5, 0.6) is 0 Å². The summed E-state index contributed by atoms with van der Waals surface area (Å²) >= 11 is 1.32. The van der Waals surface area contributed by atoms with E-state index in [1.165, 1.54) is 11.8 Å². The topological polar surface area (TPSA) is 72.5 Å². The van der Waals surface area contributed by atoms with Crippen molar-refractivity contribution in [1.82, 2.24) is 0 Å². The van der Waals surface area contributed by atoms with E-state index in [0.717, 1.165) is 15.9 Å². The van der Waals surface area contributed by atoms with Crippen LogP contribution in [0, 0.1) is 0 Å². The number of thioether (sulfide) groups is 1. The van der Waals surface area contributed by atoms with Crippen molar-refractivity contribution >= 4 is 30.1 Å². The number of fused-ring (bicyclic) bond motifs is 1. The first-order chi connectivity index (χ1) is 8.11. The number of benzene rings is 1. The number of nitrogens with two attached hydrogens (primary N) is 1. The van der Waals surface area contributed by atoms with Crippen LogP contribution in [0.1, 0.15) is 11.7 Å². The molecule has 0 aromatic heterocycles. The SMILES string of the molecule is CB1O[C@@H](CN)c2ccc(SCC(=O)O)cc21.[Rf]. The molecule has 0 saturated carbocycles. The molecule has 0 amide bonds. The quantitative estimate of drug-likeness (QED) is 0.455. The predicted molar refractivity (Wildman–Crippen MR) is 68.9 cm³/mol. The number of hydrogen-bond acceptors (Lipinski definition) is 4. The van der Waals surface area contributed by atoms with E-state index in [1.54, 1.807) is 0 Å². The molecule has 0 aliphatic carbocycles. The Balaban J connectivity index is 0.00000162. The van der Waals surface area contributed by atoms with Crippen LogP contribution in [-0.4, -0.2) is 30.3 Å². The number of carboxylic acids is 1. The number of aliphatic carboxylic acids is 1. The van der Waals surface area contributed by atoms with E-state index < -0.39 is 5.97 Å². The molecule has 2 rings (SSSR count). The Morgan fingerprint density at radius 2 is 2.33 bits per heavy atom. The minimum Gasteiger partial charge on any atom is -0.481 e. The molecule has 4 nitrogen and oxygen atoms in total. The zero-order valence-corrected chi connectivity index (χ0v) is 17.5. The van der Waals surface area contributed by atoms with E-state index in [4.69, 9.17) is 15.5 Å². The second kappa shape index (κ2) is 5.57. The monoisotopic (exact) mass is 518 g/mol. The summed E-state index contributed by atoms with van der Waals surface area (Å²) in [5.41, 5.74) is 7.89. The zero-order valence-electron chi connectivity index (χ0n) is 10.3. The Labute approximate surface area is 105 Å². The van der Waals surface area contributed by atoms with Gasteiger partial charge in [0.2, 0.25) is 0 Å². The molecule has 3 N–H and O–H groups in total. The molecule has 0 fully saturated rings. The van der Waals surface area contributed by atoms with Crippen LogP contribution in [-0.2, 0) is 9.45 Å². The van der Waals surface area contributed by atoms with Crippen LogP contribution in [0.15, 0.2) is 23.1 Å². The van der Waals surface area contributed by atoms with Gasteiger partial charge in [0.25, 0.3) is 0 Å². The average molecular weight is 518 g/mol. The smallest absolute Gasteiger partial charge is 0.324 e. The molecule has 0 unspecified atom stereocenters. The van der Waals surface area contributed by atoms with E-state index in [2.05, 4.69) is 0 Å². The second-order valence-electron chi connectivity index (χ2n) is 3.98. The van der Waals surface area contributed by atoms with Crippen molar-refractivity contribution in [3.8, 4) is 0 Å². The van der Waals surface area contributed by atoms with Crippen molar-refractivity contribution in [2.24, 2.45) is 5.73 Å². The van der Waals surface area contributed by atoms with E-state index in [-0.39, 0.29) is 18.8 Å². The molecule has 1 aliphatic heterocycles. The van der Waals surface area contributed by atoms with Crippen molar-refractivity contribution in [2.75, 3.05) is 12.3 Å². The van der Waals surface area contributed by atoms with Crippen LogP contribution in [0.4, 0.5) is 0 Å². The molecule has 18 heavy (non-hydrogen) atoms. The summed E-state index contributed by atoms with van der Waals surface area (Å²) in [5.74, 6) is -0.728. The third-order valence-corrected chi connectivity index (χ3v) is 3.77. The van der Waals surface area contributed by atoms with Gasteiger partial charge >= 0.3 is 12.9 Å². The van der Waals surface area contributed by atoms with E-state index in [9.17, 15) is 4.79 Å². The average Bonchev–Trinajstić information content (AvgIpc) is 2.63. The molecular weight excluding hydrogens is 504 g/mol. The van der Waals surface area contributed by atoms with Gasteiger partial charge in [-0.15, -0.1) is 11.8 Å². The predicted octanol–water partition coefficient (Wildman–Crippen LogP) is 0.722. The molecule has 1 aromatic rings. The van der Waals surface area contributed by atoms with Crippen molar-refractivity contribution in [2.45, 2.75) is 17.8 Å². The molecule has 1 aromatic carbocycles. The Morgan fingerprint density at radius 3 is 2.94 bits per heavy atom. The molecule has 0 spiro atoms. The number of carboxylic acid groups (broad SMARTS) is 1. The molecule has 1 aliphatic rings. The summed E-state index contributed by atoms with van der Waals surface area (Å²) in [7, 11) is 0. The van der Waals surface area contributed by atoms with Gasteiger partial charge in [0, 0.05) is 11.4 Å². The summed E-state index contributed by atoms with van der Waals surface area (Å²) in [6.45, 7) is 2.49. The first-order valence-electron chi connectivity index (χ1n) is 5.45. The maximum absolute atomic E-state index is 10.5. The number of hydrogen-bond donors (Lipinski definition) is 2. The largest absolute Gasteiger partial charge is 0.481 e. The van der Waals surface area contributed by atoms with Gasteiger partial charge in [-0.25, -0.2) is 0 Å². The fourth-order valence-electron chi connectivity index (χ4n) is 2.01. The Hall–Kier alpha value is -1.98. The summed E-state index contributed by atoms with van der Waals surface area (Å²) in [6.07, 6.45) is -0.0291. The molecule has 1 atom stereocenters. The third kappa shape index (κ3) is 2.64. The summed E-state index contributed by atoms with van der Waals surface area (Å²) in [4.78, 5) is 11.5. The van der Waals surface area contributed by atoms with Crippen molar-refractivity contribution in [1.29, 1.82) is 0 Å². The first-order valence-corrected chi connectivity index (χ1v) is 6.44. The maximum Gasteiger partial charge on any atom is 0.324 e. The fraction of sp³-hybridized carbons (Fsp3) is 0.364. The van der Waals surface area contributed by atoms with Gasteiger partial charge in [0.15, 0.2) is 0 Å².